The van der Waals surface area contributed by atoms with Crippen molar-refractivity contribution in [1.29, 1.82) is 0 Å². The van der Waals surface area contributed by atoms with Gasteiger partial charge in [-0.1, -0.05) is 52.6 Å². The summed E-state index contributed by atoms with van der Waals surface area (Å²) in [5.41, 5.74) is 7.14. The number of rotatable bonds is 11. The Hall–Kier alpha value is -2.50. The van der Waals surface area contributed by atoms with E-state index in [0.717, 1.165) is 5.56 Å². The van der Waals surface area contributed by atoms with E-state index in [-0.39, 0.29) is 18.4 Å². The molecule has 1 rings (SSSR count). The van der Waals surface area contributed by atoms with Crippen molar-refractivity contribution in [2.45, 2.75) is 46.6 Å². The van der Waals surface area contributed by atoms with Gasteiger partial charge < -0.3 is 24.8 Å². The third-order valence-electron chi connectivity index (χ3n) is 5.01. The molecule has 10 nitrogen and oxygen atoms in total. The fourth-order valence-corrected chi connectivity index (χ4v) is 2.59. The second-order valence-corrected chi connectivity index (χ2v) is 9.47. The number of carbonyl (C=O) groups excluding carboxylic acids is 3. The highest BCUT2D eigenvalue weighted by Gasteiger charge is 2.28. The van der Waals surface area contributed by atoms with Crippen LogP contribution < -0.4 is 10.6 Å². The van der Waals surface area contributed by atoms with Gasteiger partial charge in [-0.2, -0.15) is 0 Å². The molecular formula is C23H38N4O6S. The predicted octanol–water partition coefficient (Wildman–Crippen LogP) is 3.11. The standard InChI is InChI=1S/C23H38N4O6S/c1-15(2)19(24)20(28)32-21(16(3)4)33-23(30)27(7)18-10-8-17(9-11-18)14-31-22(29)25(5)12-13-26(6)34/h8-11,15-16,19,21,34H,12-14,24H2,1-7H3/t19-,21?/m0/s1. The molecule has 2 amide bonds. The van der Waals surface area contributed by atoms with E-state index in [1.54, 1.807) is 77.4 Å². The molecule has 11 heteroatoms. The fraction of sp³-hybridized carbons (Fsp3) is 0.609. The first-order valence-electron chi connectivity index (χ1n) is 11.1. The van der Waals surface area contributed by atoms with Crippen LogP contribution in [0.25, 0.3) is 0 Å². The van der Waals surface area contributed by atoms with E-state index in [1.807, 2.05) is 0 Å². The molecule has 0 bridgehead atoms. The summed E-state index contributed by atoms with van der Waals surface area (Å²) < 4.78 is 17.7. The molecule has 0 saturated carbocycles. The Morgan fingerprint density at radius 1 is 0.912 bits per heavy atom. The molecule has 0 aromatic heterocycles. The number of nitrogens with zero attached hydrogens (tertiary/aromatic N) is 3. The summed E-state index contributed by atoms with van der Waals surface area (Å²) in [5.74, 6) is -0.984. The maximum atomic E-state index is 12.6. The minimum Gasteiger partial charge on any atom is -0.445 e. The van der Waals surface area contributed by atoms with Gasteiger partial charge in [-0.05, 0) is 30.7 Å². The highest BCUT2D eigenvalue weighted by molar-refractivity contribution is 7.77. The second-order valence-electron chi connectivity index (χ2n) is 8.79. The van der Waals surface area contributed by atoms with Gasteiger partial charge in [0.05, 0.1) is 0 Å². The van der Waals surface area contributed by atoms with Crippen molar-refractivity contribution < 1.29 is 28.6 Å². The average molecular weight is 499 g/mol. The number of likely N-dealkylation sites (N-methyl/N-ethyl adjacent to an activating group) is 2. The Morgan fingerprint density at radius 3 is 2.00 bits per heavy atom. The van der Waals surface area contributed by atoms with E-state index >= 15 is 0 Å². The van der Waals surface area contributed by atoms with E-state index in [0.29, 0.717) is 18.8 Å². The van der Waals surface area contributed by atoms with Crippen LogP contribution in [0.5, 0.6) is 0 Å². The minimum atomic E-state index is -1.06. The van der Waals surface area contributed by atoms with Crippen molar-refractivity contribution >= 4 is 36.7 Å². The first kappa shape index (κ1) is 29.5. The predicted molar refractivity (Wildman–Crippen MR) is 133 cm³/mol. The van der Waals surface area contributed by atoms with Crippen LogP contribution in [0.2, 0.25) is 0 Å². The highest BCUT2D eigenvalue weighted by Crippen LogP contribution is 2.18. The Balaban J connectivity index is 2.66. The van der Waals surface area contributed by atoms with Gasteiger partial charge in [0.15, 0.2) is 0 Å². The monoisotopic (exact) mass is 498 g/mol. The number of amides is 2. The number of nitrogens with two attached hydrogens (primary N) is 1. The smallest absolute Gasteiger partial charge is 0.417 e. The molecule has 34 heavy (non-hydrogen) atoms. The lowest BCUT2D eigenvalue weighted by Gasteiger charge is -2.26. The maximum absolute atomic E-state index is 12.6. The molecular weight excluding hydrogens is 460 g/mol. The lowest BCUT2D eigenvalue weighted by atomic mass is 10.1. The zero-order valence-corrected chi connectivity index (χ0v) is 22.0. The third kappa shape index (κ3) is 9.78. The first-order chi connectivity index (χ1) is 15.8. The summed E-state index contributed by atoms with van der Waals surface area (Å²) in [5, 5.41) is 0. The molecule has 0 saturated heterocycles. The van der Waals surface area contributed by atoms with Crippen LogP contribution in [0.15, 0.2) is 24.3 Å². The van der Waals surface area contributed by atoms with Crippen LogP contribution in [0.1, 0.15) is 33.3 Å². The topological polar surface area (TPSA) is 115 Å². The van der Waals surface area contributed by atoms with E-state index in [4.69, 9.17) is 19.9 Å². The summed E-state index contributed by atoms with van der Waals surface area (Å²) in [7, 11) is 5.00. The van der Waals surface area contributed by atoms with Crippen LogP contribution in [0.3, 0.4) is 0 Å². The molecule has 0 aliphatic carbocycles. The summed E-state index contributed by atoms with van der Waals surface area (Å²) in [6, 6.07) is 6.10. The quantitative estimate of drug-likeness (QED) is 0.272. The summed E-state index contributed by atoms with van der Waals surface area (Å²) in [4.78, 5) is 39.6. The van der Waals surface area contributed by atoms with Crippen molar-refractivity contribution in [3.05, 3.63) is 29.8 Å². The fourth-order valence-electron chi connectivity index (χ4n) is 2.50. The maximum Gasteiger partial charge on any atom is 0.417 e. The van der Waals surface area contributed by atoms with Gasteiger partial charge in [0.2, 0.25) is 0 Å². The van der Waals surface area contributed by atoms with Crippen molar-refractivity contribution in [1.82, 2.24) is 9.21 Å². The van der Waals surface area contributed by atoms with Gasteiger partial charge in [-0.15, -0.1) is 0 Å². The van der Waals surface area contributed by atoms with Gasteiger partial charge >= 0.3 is 18.2 Å². The van der Waals surface area contributed by atoms with Crippen LogP contribution in [-0.2, 0) is 25.6 Å². The average Bonchev–Trinajstić information content (AvgIpc) is 2.79. The minimum absolute atomic E-state index is 0.0931. The number of esters is 1. The number of ether oxygens (including phenoxy) is 3. The molecule has 0 spiro atoms. The largest absolute Gasteiger partial charge is 0.445 e. The van der Waals surface area contributed by atoms with Crippen LogP contribution >= 0.6 is 12.8 Å². The van der Waals surface area contributed by atoms with E-state index in [2.05, 4.69) is 12.8 Å². The molecule has 0 radical (unpaired) electrons. The number of thiol groups is 1. The lowest BCUT2D eigenvalue weighted by Crippen LogP contribution is -2.42. The zero-order valence-electron chi connectivity index (χ0n) is 21.1. The summed E-state index contributed by atoms with van der Waals surface area (Å²) >= 11 is 4.14. The van der Waals surface area contributed by atoms with Crippen LogP contribution in [-0.4, -0.2) is 73.9 Å². The molecule has 1 aromatic rings. The number of carbonyl (C=O) groups is 3. The van der Waals surface area contributed by atoms with Gasteiger partial charge in [-0.25, -0.2) is 9.59 Å². The second kappa shape index (κ2) is 14.0. The molecule has 1 aromatic carbocycles. The molecule has 2 atom stereocenters. The number of benzene rings is 1. The van der Waals surface area contributed by atoms with Crippen LogP contribution in [0.4, 0.5) is 15.3 Å². The number of hydrogen-bond donors (Lipinski definition) is 2. The Labute approximate surface area is 207 Å². The van der Waals surface area contributed by atoms with Crippen molar-refractivity contribution in [3.8, 4) is 0 Å². The van der Waals surface area contributed by atoms with Gasteiger partial charge in [-0.3, -0.25) is 14.0 Å². The molecule has 1 unspecified atom stereocenters. The van der Waals surface area contributed by atoms with Gasteiger partial charge in [0, 0.05) is 38.8 Å². The molecule has 2 N–H and O–H groups in total. The lowest BCUT2D eigenvalue weighted by molar-refractivity contribution is -0.177. The molecule has 0 heterocycles. The van der Waals surface area contributed by atoms with Crippen LogP contribution in [0, 0.1) is 11.8 Å². The first-order valence-corrected chi connectivity index (χ1v) is 11.5. The normalized spacial score (nSPS) is 12.9. The number of hydrogen-bond acceptors (Lipinski definition) is 9. The Bertz CT molecular complexity index is 803. The number of anilines is 1. The molecule has 0 fully saturated rings. The summed E-state index contributed by atoms with van der Waals surface area (Å²) in [6.07, 6.45) is -2.18. The van der Waals surface area contributed by atoms with E-state index in [1.165, 1.54) is 9.80 Å². The van der Waals surface area contributed by atoms with E-state index in [9.17, 15) is 14.4 Å². The van der Waals surface area contributed by atoms with Crippen molar-refractivity contribution in [3.63, 3.8) is 0 Å². The van der Waals surface area contributed by atoms with Crippen molar-refractivity contribution in [2.75, 3.05) is 39.1 Å². The molecule has 192 valence electrons. The van der Waals surface area contributed by atoms with Gasteiger partial charge in [0.25, 0.3) is 6.29 Å². The van der Waals surface area contributed by atoms with E-state index < -0.39 is 30.5 Å². The third-order valence-corrected chi connectivity index (χ3v) is 5.21. The Kier molecular flexibility index (Phi) is 12.2. The SMILES string of the molecule is CC(C)C(OC(=O)[C@@H](N)C(C)C)OC(=O)N(C)c1ccc(COC(=O)N(C)CCN(C)S)cc1. The molecule has 0 aliphatic heterocycles. The molecule has 0 aliphatic rings. The van der Waals surface area contributed by atoms with Gasteiger partial charge in [0.1, 0.15) is 12.6 Å². The summed E-state index contributed by atoms with van der Waals surface area (Å²) in [6.45, 7) is 8.35. The zero-order chi connectivity index (χ0) is 26.0. The highest BCUT2D eigenvalue weighted by atomic mass is 32.1. The van der Waals surface area contributed by atoms with Crippen molar-refractivity contribution in [2.24, 2.45) is 17.6 Å². The Morgan fingerprint density at radius 2 is 1.50 bits per heavy atom.